The summed E-state index contributed by atoms with van der Waals surface area (Å²) in [5.74, 6) is 0. The molecule has 1 heterocycles. The number of nitrogens with zero attached hydrogens (tertiary/aromatic N) is 1. The number of thiazole rings is 1. The van der Waals surface area contributed by atoms with E-state index in [9.17, 15) is 0 Å². The Morgan fingerprint density at radius 2 is 2.18 bits per heavy atom. The summed E-state index contributed by atoms with van der Waals surface area (Å²) in [6.45, 7) is 3.37. The molecule has 1 aliphatic rings. The van der Waals surface area contributed by atoms with Crippen molar-refractivity contribution in [3.8, 4) is 0 Å². The van der Waals surface area contributed by atoms with Crippen LogP contribution in [-0.4, -0.2) is 11.5 Å². The van der Waals surface area contributed by atoms with E-state index in [1.165, 1.54) is 30.4 Å². The highest BCUT2D eigenvalue weighted by atomic mass is 32.1. The number of hydrogen-bond donors (Lipinski definition) is 1. The number of nitrogens with one attached hydrogen (secondary N) is 1. The molecular weight excluding hydrogens is 228 g/mol. The van der Waals surface area contributed by atoms with Crippen LogP contribution >= 0.6 is 11.3 Å². The number of aromatic nitrogens is 1. The van der Waals surface area contributed by atoms with Crippen molar-refractivity contribution in [2.75, 3.05) is 11.9 Å². The van der Waals surface area contributed by atoms with Gasteiger partial charge in [0, 0.05) is 6.54 Å². The van der Waals surface area contributed by atoms with Gasteiger partial charge in [-0.15, -0.1) is 0 Å². The van der Waals surface area contributed by atoms with Crippen LogP contribution in [0, 0.1) is 5.41 Å². The Hall–Kier alpha value is -1.09. The monoisotopic (exact) mass is 246 g/mol. The summed E-state index contributed by atoms with van der Waals surface area (Å²) < 4.78 is 1.27. The average Bonchev–Trinajstić information content (AvgIpc) is 2.98. The standard InChI is InChI=1S/C14H18N2S/c1-2-7-14(8-9-14)10-15-13-16-11-5-3-4-6-12(11)17-13/h3-6H,2,7-10H2,1H3,(H,15,16). The highest BCUT2D eigenvalue weighted by molar-refractivity contribution is 7.22. The van der Waals surface area contributed by atoms with Gasteiger partial charge < -0.3 is 5.32 Å². The zero-order valence-corrected chi connectivity index (χ0v) is 11.0. The van der Waals surface area contributed by atoms with Crippen molar-refractivity contribution < 1.29 is 0 Å². The van der Waals surface area contributed by atoms with Crippen molar-refractivity contribution in [3.63, 3.8) is 0 Å². The summed E-state index contributed by atoms with van der Waals surface area (Å²) in [5.41, 5.74) is 1.70. The van der Waals surface area contributed by atoms with Gasteiger partial charge in [-0.1, -0.05) is 36.8 Å². The lowest BCUT2D eigenvalue weighted by Crippen LogP contribution is -2.14. The van der Waals surface area contributed by atoms with E-state index in [0.29, 0.717) is 5.41 Å². The molecule has 2 aromatic rings. The van der Waals surface area contributed by atoms with Gasteiger partial charge in [-0.3, -0.25) is 0 Å². The molecule has 17 heavy (non-hydrogen) atoms. The molecule has 0 unspecified atom stereocenters. The lowest BCUT2D eigenvalue weighted by Gasteiger charge is -2.13. The van der Waals surface area contributed by atoms with E-state index in [0.717, 1.165) is 17.2 Å². The molecule has 1 N–H and O–H groups in total. The number of rotatable bonds is 5. The second kappa shape index (κ2) is 4.30. The topological polar surface area (TPSA) is 24.9 Å². The molecular formula is C14H18N2S. The van der Waals surface area contributed by atoms with Gasteiger partial charge in [-0.05, 0) is 36.8 Å². The summed E-state index contributed by atoms with van der Waals surface area (Å²) in [7, 11) is 0. The maximum Gasteiger partial charge on any atom is 0.183 e. The SMILES string of the molecule is CCCC1(CNc2nc3ccccc3s2)CC1. The fraction of sp³-hybridized carbons (Fsp3) is 0.500. The van der Waals surface area contributed by atoms with Crippen molar-refractivity contribution in [1.29, 1.82) is 0 Å². The molecule has 3 heteroatoms. The van der Waals surface area contributed by atoms with Crippen molar-refractivity contribution in [3.05, 3.63) is 24.3 Å². The highest BCUT2D eigenvalue weighted by Crippen LogP contribution is 2.49. The quantitative estimate of drug-likeness (QED) is 0.851. The predicted octanol–water partition coefficient (Wildman–Crippen LogP) is 4.29. The number of benzene rings is 1. The molecule has 0 bridgehead atoms. The van der Waals surface area contributed by atoms with Gasteiger partial charge in [0.15, 0.2) is 5.13 Å². The lowest BCUT2D eigenvalue weighted by molar-refractivity contribution is 0.485. The van der Waals surface area contributed by atoms with Crippen molar-refractivity contribution in [2.24, 2.45) is 5.41 Å². The van der Waals surface area contributed by atoms with Crippen LogP contribution in [0.5, 0.6) is 0 Å². The molecule has 0 saturated heterocycles. The molecule has 1 aliphatic carbocycles. The van der Waals surface area contributed by atoms with E-state index in [-0.39, 0.29) is 0 Å². The third kappa shape index (κ3) is 2.29. The van der Waals surface area contributed by atoms with Crippen LogP contribution in [0.25, 0.3) is 10.2 Å². The Morgan fingerprint density at radius 1 is 1.35 bits per heavy atom. The molecule has 3 rings (SSSR count). The van der Waals surface area contributed by atoms with E-state index < -0.39 is 0 Å². The third-order valence-electron chi connectivity index (χ3n) is 3.65. The Labute approximate surface area is 106 Å². The van der Waals surface area contributed by atoms with Crippen molar-refractivity contribution >= 4 is 26.7 Å². The molecule has 90 valence electrons. The van der Waals surface area contributed by atoms with Crippen LogP contribution in [0.15, 0.2) is 24.3 Å². The maximum atomic E-state index is 4.61. The minimum atomic E-state index is 0.590. The first kappa shape index (κ1) is 11.0. The molecule has 0 radical (unpaired) electrons. The fourth-order valence-corrected chi connectivity index (χ4v) is 3.29. The molecule has 0 aliphatic heterocycles. The predicted molar refractivity (Wildman–Crippen MR) is 74.7 cm³/mol. The minimum absolute atomic E-state index is 0.590. The first-order valence-corrected chi connectivity index (χ1v) is 7.22. The zero-order valence-electron chi connectivity index (χ0n) is 10.2. The molecule has 0 amide bonds. The highest BCUT2D eigenvalue weighted by Gasteiger charge is 2.41. The number of para-hydroxylation sites is 1. The summed E-state index contributed by atoms with van der Waals surface area (Å²) in [6, 6.07) is 8.34. The van der Waals surface area contributed by atoms with E-state index >= 15 is 0 Å². The average molecular weight is 246 g/mol. The second-order valence-corrected chi connectivity index (χ2v) is 6.12. The third-order valence-corrected chi connectivity index (χ3v) is 4.64. The lowest BCUT2D eigenvalue weighted by atomic mass is 10.0. The minimum Gasteiger partial charge on any atom is -0.361 e. The second-order valence-electron chi connectivity index (χ2n) is 5.09. The van der Waals surface area contributed by atoms with Gasteiger partial charge in [-0.2, -0.15) is 0 Å². The summed E-state index contributed by atoms with van der Waals surface area (Å²) >= 11 is 1.76. The molecule has 1 fully saturated rings. The van der Waals surface area contributed by atoms with Gasteiger partial charge in [0.2, 0.25) is 0 Å². The summed E-state index contributed by atoms with van der Waals surface area (Å²) in [5, 5.41) is 4.61. The van der Waals surface area contributed by atoms with Crippen LogP contribution in [0.1, 0.15) is 32.6 Å². The Kier molecular flexibility index (Phi) is 2.79. The van der Waals surface area contributed by atoms with Crippen LogP contribution in [0.4, 0.5) is 5.13 Å². The normalized spacial score (nSPS) is 17.2. The number of anilines is 1. The number of fused-ring (bicyclic) bond motifs is 1. The molecule has 0 spiro atoms. The van der Waals surface area contributed by atoms with Crippen LogP contribution in [0.3, 0.4) is 0 Å². The van der Waals surface area contributed by atoms with Gasteiger partial charge >= 0.3 is 0 Å². The molecule has 0 atom stereocenters. The van der Waals surface area contributed by atoms with Gasteiger partial charge in [0.25, 0.3) is 0 Å². The number of hydrogen-bond acceptors (Lipinski definition) is 3. The van der Waals surface area contributed by atoms with Crippen LogP contribution in [-0.2, 0) is 0 Å². The van der Waals surface area contributed by atoms with Gasteiger partial charge in [0.05, 0.1) is 10.2 Å². The maximum absolute atomic E-state index is 4.61. The smallest absolute Gasteiger partial charge is 0.183 e. The van der Waals surface area contributed by atoms with E-state index in [4.69, 9.17) is 0 Å². The van der Waals surface area contributed by atoms with Crippen molar-refractivity contribution in [1.82, 2.24) is 4.98 Å². The first-order valence-electron chi connectivity index (χ1n) is 6.41. The Balaban J connectivity index is 1.69. The molecule has 2 nitrogen and oxygen atoms in total. The largest absolute Gasteiger partial charge is 0.361 e. The van der Waals surface area contributed by atoms with Gasteiger partial charge in [-0.25, -0.2) is 4.98 Å². The first-order chi connectivity index (χ1) is 8.31. The Bertz CT molecular complexity index is 481. The van der Waals surface area contributed by atoms with E-state index in [2.05, 4.69) is 35.4 Å². The molecule has 1 saturated carbocycles. The molecule has 1 aromatic heterocycles. The summed E-state index contributed by atoms with van der Waals surface area (Å²) in [6.07, 6.45) is 5.42. The fourth-order valence-electron chi connectivity index (χ4n) is 2.43. The van der Waals surface area contributed by atoms with Crippen LogP contribution < -0.4 is 5.32 Å². The Morgan fingerprint density at radius 3 is 2.88 bits per heavy atom. The van der Waals surface area contributed by atoms with E-state index in [1.807, 2.05) is 6.07 Å². The van der Waals surface area contributed by atoms with Crippen LogP contribution in [0.2, 0.25) is 0 Å². The summed E-state index contributed by atoms with van der Waals surface area (Å²) in [4.78, 5) is 4.61. The molecule has 1 aromatic carbocycles. The van der Waals surface area contributed by atoms with E-state index in [1.54, 1.807) is 11.3 Å². The van der Waals surface area contributed by atoms with Gasteiger partial charge in [0.1, 0.15) is 0 Å². The van der Waals surface area contributed by atoms with Crippen molar-refractivity contribution in [2.45, 2.75) is 32.6 Å². The zero-order chi connectivity index (χ0) is 11.7.